The summed E-state index contributed by atoms with van der Waals surface area (Å²) in [5.41, 5.74) is 0.468. The zero-order valence-corrected chi connectivity index (χ0v) is 16.0. The standard InChI is InChI=1S/C18H20FN5O2S/c1-10(11-6-12(19)8-20-7-11)22-17-23-13-4-5-27-15(13)14(24-17)16(25)21-9-18(2,3)26/h4-8,10,26H,9H2,1-3H3,(H,21,25)(H,22,23,24). The minimum atomic E-state index is -1.03. The first kappa shape index (κ1) is 19.1. The average molecular weight is 389 g/mol. The van der Waals surface area contributed by atoms with Crippen LogP contribution >= 0.6 is 11.3 Å². The van der Waals surface area contributed by atoms with Crippen molar-refractivity contribution in [1.29, 1.82) is 0 Å². The van der Waals surface area contributed by atoms with Crippen molar-refractivity contribution in [3.05, 3.63) is 47.0 Å². The number of anilines is 1. The maximum Gasteiger partial charge on any atom is 0.271 e. The van der Waals surface area contributed by atoms with E-state index in [0.717, 1.165) is 6.20 Å². The molecule has 7 nitrogen and oxygen atoms in total. The highest BCUT2D eigenvalue weighted by molar-refractivity contribution is 7.17. The van der Waals surface area contributed by atoms with Crippen LogP contribution in [0.15, 0.2) is 29.9 Å². The van der Waals surface area contributed by atoms with Gasteiger partial charge in [0.15, 0.2) is 5.69 Å². The number of aliphatic hydroxyl groups is 1. The predicted molar refractivity (Wildman–Crippen MR) is 102 cm³/mol. The molecule has 0 fully saturated rings. The number of pyridine rings is 1. The Labute approximate surface area is 159 Å². The van der Waals surface area contributed by atoms with Crippen LogP contribution in [-0.4, -0.2) is 38.1 Å². The van der Waals surface area contributed by atoms with E-state index in [-0.39, 0.29) is 24.2 Å². The lowest BCUT2D eigenvalue weighted by atomic mass is 10.1. The van der Waals surface area contributed by atoms with E-state index < -0.39 is 17.3 Å². The highest BCUT2D eigenvalue weighted by atomic mass is 32.1. The molecule has 0 radical (unpaired) electrons. The number of hydrogen-bond donors (Lipinski definition) is 3. The van der Waals surface area contributed by atoms with Crippen molar-refractivity contribution in [2.75, 3.05) is 11.9 Å². The number of fused-ring (bicyclic) bond motifs is 1. The molecule has 1 amide bonds. The van der Waals surface area contributed by atoms with Crippen LogP contribution in [0.3, 0.4) is 0 Å². The second-order valence-corrected chi connectivity index (χ2v) is 7.74. The number of carbonyl (C=O) groups excluding carboxylic acids is 1. The third-order valence-electron chi connectivity index (χ3n) is 3.77. The summed E-state index contributed by atoms with van der Waals surface area (Å²) < 4.78 is 14.1. The molecule has 142 valence electrons. The van der Waals surface area contributed by atoms with Crippen molar-refractivity contribution in [2.24, 2.45) is 0 Å². The number of hydrogen-bond acceptors (Lipinski definition) is 7. The number of nitrogens with one attached hydrogen (secondary N) is 2. The summed E-state index contributed by atoms with van der Waals surface area (Å²) in [5, 5.41) is 17.4. The number of aromatic nitrogens is 3. The summed E-state index contributed by atoms with van der Waals surface area (Å²) in [6, 6.07) is 2.87. The van der Waals surface area contributed by atoms with Crippen LogP contribution in [0.2, 0.25) is 0 Å². The van der Waals surface area contributed by atoms with Gasteiger partial charge in [-0.15, -0.1) is 11.3 Å². The molecule has 3 N–H and O–H groups in total. The number of amides is 1. The van der Waals surface area contributed by atoms with Gasteiger partial charge in [0.25, 0.3) is 5.91 Å². The van der Waals surface area contributed by atoms with Gasteiger partial charge < -0.3 is 15.7 Å². The van der Waals surface area contributed by atoms with E-state index in [1.807, 2.05) is 12.3 Å². The van der Waals surface area contributed by atoms with Gasteiger partial charge in [0, 0.05) is 12.7 Å². The average Bonchev–Trinajstić information content (AvgIpc) is 3.06. The number of carbonyl (C=O) groups is 1. The van der Waals surface area contributed by atoms with Crippen LogP contribution in [0.4, 0.5) is 10.3 Å². The first-order valence-electron chi connectivity index (χ1n) is 8.36. The van der Waals surface area contributed by atoms with Crippen LogP contribution in [0, 0.1) is 5.82 Å². The molecule has 3 rings (SSSR count). The molecule has 0 aliphatic rings. The number of nitrogens with zero attached hydrogens (tertiary/aromatic N) is 3. The quantitative estimate of drug-likeness (QED) is 0.599. The van der Waals surface area contributed by atoms with Gasteiger partial charge in [-0.1, -0.05) is 0 Å². The lowest BCUT2D eigenvalue weighted by Crippen LogP contribution is -2.38. The highest BCUT2D eigenvalue weighted by Crippen LogP contribution is 2.25. The van der Waals surface area contributed by atoms with Crippen LogP contribution < -0.4 is 10.6 Å². The smallest absolute Gasteiger partial charge is 0.271 e. The third kappa shape index (κ3) is 4.75. The Morgan fingerprint density at radius 3 is 2.85 bits per heavy atom. The van der Waals surface area contributed by atoms with Gasteiger partial charge in [0.1, 0.15) is 5.82 Å². The predicted octanol–water partition coefficient (Wildman–Crippen LogP) is 2.90. The van der Waals surface area contributed by atoms with Crippen molar-refractivity contribution in [3.63, 3.8) is 0 Å². The maximum absolute atomic E-state index is 13.4. The summed E-state index contributed by atoms with van der Waals surface area (Å²) in [6.07, 6.45) is 2.69. The van der Waals surface area contributed by atoms with Gasteiger partial charge in [0.2, 0.25) is 5.95 Å². The van der Waals surface area contributed by atoms with Crippen molar-refractivity contribution in [1.82, 2.24) is 20.3 Å². The highest BCUT2D eigenvalue weighted by Gasteiger charge is 2.20. The molecule has 3 heterocycles. The molecule has 9 heteroatoms. The molecule has 1 atom stereocenters. The van der Waals surface area contributed by atoms with Crippen molar-refractivity contribution in [2.45, 2.75) is 32.4 Å². The molecular weight excluding hydrogens is 369 g/mol. The summed E-state index contributed by atoms with van der Waals surface area (Å²) in [4.78, 5) is 25.2. The Kier molecular flexibility index (Phi) is 5.33. The Hall–Kier alpha value is -2.65. The Bertz CT molecular complexity index is 970. The van der Waals surface area contributed by atoms with E-state index in [4.69, 9.17) is 0 Å². The molecule has 0 aliphatic carbocycles. The minimum Gasteiger partial charge on any atom is -0.389 e. The second-order valence-electron chi connectivity index (χ2n) is 6.83. The first-order valence-corrected chi connectivity index (χ1v) is 9.24. The van der Waals surface area contributed by atoms with Crippen molar-refractivity contribution < 1.29 is 14.3 Å². The van der Waals surface area contributed by atoms with Gasteiger partial charge in [-0.25, -0.2) is 14.4 Å². The number of thiophene rings is 1. The van der Waals surface area contributed by atoms with E-state index in [0.29, 0.717) is 15.8 Å². The van der Waals surface area contributed by atoms with E-state index in [2.05, 4.69) is 25.6 Å². The zero-order valence-electron chi connectivity index (χ0n) is 15.2. The van der Waals surface area contributed by atoms with Gasteiger partial charge in [0.05, 0.1) is 28.1 Å². The Morgan fingerprint density at radius 1 is 1.37 bits per heavy atom. The van der Waals surface area contributed by atoms with Gasteiger partial charge >= 0.3 is 0 Å². The molecule has 27 heavy (non-hydrogen) atoms. The fourth-order valence-corrected chi connectivity index (χ4v) is 3.22. The minimum absolute atomic E-state index is 0.0941. The zero-order chi connectivity index (χ0) is 19.6. The lowest BCUT2D eigenvalue weighted by molar-refractivity contribution is 0.0693. The Morgan fingerprint density at radius 2 is 2.15 bits per heavy atom. The monoisotopic (exact) mass is 389 g/mol. The lowest BCUT2D eigenvalue weighted by Gasteiger charge is -2.18. The SMILES string of the molecule is CC(Nc1nc(C(=O)NCC(C)(C)O)c2sccc2n1)c1cncc(F)c1. The first-order chi connectivity index (χ1) is 12.7. The van der Waals surface area contributed by atoms with Gasteiger partial charge in [-0.2, -0.15) is 0 Å². The van der Waals surface area contributed by atoms with E-state index in [1.54, 1.807) is 26.1 Å². The normalized spacial score (nSPS) is 12.8. The second kappa shape index (κ2) is 7.53. The molecule has 0 bridgehead atoms. The fraction of sp³-hybridized carbons (Fsp3) is 0.333. The fourth-order valence-electron chi connectivity index (χ4n) is 2.40. The summed E-state index contributed by atoms with van der Waals surface area (Å²) in [7, 11) is 0. The molecule has 0 aliphatic heterocycles. The molecule has 0 saturated carbocycles. The number of rotatable bonds is 6. The van der Waals surface area contributed by atoms with Gasteiger partial charge in [-0.3, -0.25) is 9.78 Å². The topological polar surface area (TPSA) is 100 Å². The van der Waals surface area contributed by atoms with Crippen LogP contribution in [-0.2, 0) is 0 Å². The molecule has 0 saturated heterocycles. The molecule has 3 aromatic rings. The van der Waals surface area contributed by atoms with E-state index in [9.17, 15) is 14.3 Å². The molecule has 0 spiro atoms. The van der Waals surface area contributed by atoms with Crippen LogP contribution in [0.25, 0.3) is 10.2 Å². The summed E-state index contributed by atoms with van der Waals surface area (Å²) in [5.74, 6) is -0.566. The molecule has 1 unspecified atom stereocenters. The summed E-state index contributed by atoms with van der Waals surface area (Å²) in [6.45, 7) is 5.13. The third-order valence-corrected chi connectivity index (χ3v) is 4.68. The van der Waals surface area contributed by atoms with E-state index in [1.165, 1.54) is 17.4 Å². The van der Waals surface area contributed by atoms with Crippen molar-refractivity contribution >= 4 is 33.4 Å². The summed E-state index contributed by atoms with van der Waals surface area (Å²) >= 11 is 1.37. The largest absolute Gasteiger partial charge is 0.389 e. The number of halogens is 1. The van der Waals surface area contributed by atoms with Gasteiger partial charge in [-0.05, 0) is 43.8 Å². The molecule has 3 aromatic heterocycles. The van der Waals surface area contributed by atoms with Crippen LogP contribution in [0.5, 0.6) is 0 Å². The maximum atomic E-state index is 13.4. The van der Waals surface area contributed by atoms with Crippen molar-refractivity contribution in [3.8, 4) is 0 Å². The molecular formula is C18H20FN5O2S. The van der Waals surface area contributed by atoms with Crippen LogP contribution in [0.1, 0.15) is 42.9 Å². The Balaban J connectivity index is 1.87. The molecule has 0 aromatic carbocycles. The van der Waals surface area contributed by atoms with E-state index >= 15 is 0 Å².